The average Bonchev–Trinajstić information content (AvgIpc) is 3.22. The molecule has 2 saturated heterocycles. The molecule has 1 aromatic carbocycles. The van der Waals surface area contributed by atoms with Crippen molar-refractivity contribution in [2.24, 2.45) is 11.8 Å². The molecule has 5 heteroatoms. The Morgan fingerprint density at radius 3 is 2.42 bits per heavy atom. The normalized spacial score (nSPS) is 23.2. The number of fused-ring (bicyclic) bond motifs is 1. The number of likely N-dealkylation sites (tertiary alicyclic amines) is 1. The summed E-state index contributed by atoms with van der Waals surface area (Å²) in [4.78, 5) is 26.1. The average molecular weight is 350 g/mol. The van der Waals surface area contributed by atoms with E-state index in [1.807, 2.05) is 31.2 Å². The van der Waals surface area contributed by atoms with Crippen LogP contribution < -0.4 is 4.90 Å². The van der Waals surface area contributed by atoms with E-state index in [0.717, 1.165) is 49.7 Å². The molecule has 3 heterocycles. The molecule has 0 aliphatic carbocycles. The lowest BCUT2D eigenvalue weighted by atomic mass is 9.95. The first-order valence-electron chi connectivity index (χ1n) is 9.53. The number of benzene rings is 1. The van der Waals surface area contributed by atoms with Gasteiger partial charge in [-0.1, -0.05) is 37.3 Å². The first kappa shape index (κ1) is 17.0. The topological polar surface area (TPSA) is 49.3 Å². The highest BCUT2D eigenvalue weighted by Crippen LogP contribution is 2.35. The molecule has 0 spiro atoms. The van der Waals surface area contributed by atoms with Crippen molar-refractivity contribution >= 4 is 11.7 Å². The fourth-order valence-electron chi connectivity index (χ4n) is 4.43. The number of hydrogen-bond acceptors (Lipinski definition) is 4. The summed E-state index contributed by atoms with van der Waals surface area (Å²) in [5, 5.41) is 0. The van der Waals surface area contributed by atoms with Crippen LogP contribution in [0, 0.1) is 18.8 Å². The van der Waals surface area contributed by atoms with Crippen molar-refractivity contribution in [3.63, 3.8) is 0 Å². The van der Waals surface area contributed by atoms with Gasteiger partial charge in [0.2, 0.25) is 5.91 Å². The Hall–Kier alpha value is -2.43. The monoisotopic (exact) mass is 350 g/mol. The molecular weight excluding hydrogens is 324 g/mol. The maximum Gasteiger partial charge on any atom is 0.230 e. The van der Waals surface area contributed by atoms with Crippen LogP contribution in [0.25, 0.3) is 0 Å². The predicted octanol–water partition coefficient (Wildman–Crippen LogP) is 2.87. The standard InChI is InChI=1S/C21H26N4O/c1-3-19(16-7-5-4-6-8-16)21(26)25-12-17-10-24(11-18(17)13-25)20-9-15(2)22-14-23-20/h4-9,14,17-19H,3,10-13H2,1-2H3. The van der Waals surface area contributed by atoms with Crippen LogP contribution in [-0.4, -0.2) is 47.0 Å². The number of nitrogens with zero attached hydrogens (tertiary/aromatic N) is 4. The number of amides is 1. The molecule has 1 aromatic heterocycles. The minimum absolute atomic E-state index is 0.0179. The van der Waals surface area contributed by atoms with Crippen molar-refractivity contribution in [1.29, 1.82) is 0 Å². The van der Waals surface area contributed by atoms with Gasteiger partial charge in [0.25, 0.3) is 0 Å². The highest BCUT2D eigenvalue weighted by molar-refractivity contribution is 5.84. The van der Waals surface area contributed by atoms with Crippen molar-refractivity contribution in [1.82, 2.24) is 14.9 Å². The summed E-state index contributed by atoms with van der Waals surface area (Å²) in [6.07, 6.45) is 2.49. The van der Waals surface area contributed by atoms with Gasteiger partial charge >= 0.3 is 0 Å². The van der Waals surface area contributed by atoms with E-state index >= 15 is 0 Å². The largest absolute Gasteiger partial charge is 0.356 e. The second-order valence-corrected chi connectivity index (χ2v) is 7.56. The zero-order valence-electron chi connectivity index (χ0n) is 15.5. The molecule has 3 atom stereocenters. The third kappa shape index (κ3) is 3.18. The summed E-state index contributed by atoms with van der Waals surface area (Å²) >= 11 is 0. The van der Waals surface area contributed by atoms with Crippen molar-refractivity contribution in [2.75, 3.05) is 31.1 Å². The molecule has 0 radical (unpaired) electrons. The quantitative estimate of drug-likeness (QED) is 0.851. The minimum Gasteiger partial charge on any atom is -0.356 e. The second-order valence-electron chi connectivity index (χ2n) is 7.56. The Labute approximate surface area is 155 Å². The van der Waals surface area contributed by atoms with E-state index in [4.69, 9.17) is 0 Å². The van der Waals surface area contributed by atoms with E-state index in [-0.39, 0.29) is 11.8 Å². The van der Waals surface area contributed by atoms with Crippen molar-refractivity contribution in [3.05, 3.63) is 54.0 Å². The van der Waals surface area contributed by atoms with Gasteiger partial charge in [-0.25, -0.2) is 9.97 Å². The Balaban J connectivity index is 1.42. The predicted molar refractivity (Wildman–Crippen MR) is 102 cm³/mol. The third-order valence-electron chi connectivity index (χ3n) is 5.82. The van der Waals surface area contributed by atoms with E-state index < -0.39 is 0 Å². The molecule has 5 nitrogen and oxygen atoms in total. The number of anilines is 1. The van der Waals surface area contributed by atoms with Crippen molar-refractivity contribution < 1.29 is 4.79 Å². The Kier molecular flexibility index (Phi) is 4.62. The Morgan fingerprint density at radius 2 is 1.81 bits per heavy atom. The van der Waals surface area contributed by atoms with Crippen LogP contribution in [0.2, 0.25) is 0 Å². The molecule has 0 bridgehead atoms. The van der Waals surface area contributed by atoms with Gasteiger partial charge in [-0.05, 0) is 18.9 Å². The molecule has 4 rings (SSSR count). The van der Waals surface area contributed by atoms with Crippen LogP contribution in [0.4, 0.5) is 5.82 Å². The van der Waals surface area contributed by atoms with Gasteiger partial charge < -0.3 is 9.80 Å². The lowest BCUT2D eigenvalue weighted by Crippen LogP contribution is -2.36. The van der Waals surface area contributed by atoms with Crippen LogP contribution in [0.5, 0.6) is 0 Å². The maximum absolute atomic E-state index is 13.1. The smallest absolute Gasteiger partial charge is 0.230 e. The number of aromatic nitrogens is 2. The fraction of sp³-hybridized carbons (Fsp3) is 0.476. The lowest BCUT2D eigenvalue weighted by Gasteiger charge is -2.26. The maximum atomic E-state index is 13.1. The summed E-state index contributed by atoms with van der Waals surface area (Å²) in [5.41, 5.74) is 2.13. The van der Waals surface area contributed by atoms with Gasteiger partial charge in [0.1, 0.15) is 12.1 Å². The van der Waals surface area contributed by atoms with E-state index in [2.05, 4.69) is 38.8 Å². The van der Waals surface area contributed by atoms with E-state index in [1.165, 1.54) is 0 Å². The van der Waals surface area contributed by atoms with Gasteiger partial charge in [-0.15, -0.1) is 0 Å². The molecule has 3 unspecified atom stereocenters. The van der Waals surface area contributed by atoms with Crippen LogP contribution in [0.15, 0.2) is 42.7 Å². The second kappa shape index (κ2) is 7.06. The number of carbonyl (C=O) groups excluding carboxylic acids is 1. The molecule has 1 amide bonds. The molecule has 2 fully saturated rings. The zero-order valence-corrected chi connectivity index (χ0v) is 15.5. The summed E-state index contributed by atoms with van der Waals surface area (Å²) in [6.45, 7) is 7.80. The van der Waals surface area contributed by atoms with Gasteiger partial charge in [0.15, 0.2) is 0 Å². The van der Waals surface area contributed by atoms with Crippen LogP contribution in [0.1, 0.15) is 30.5 Å². The summed E-state index contributed by atoms with van der Waals surface area (Å²) < 4.78 is 0. The summed E-state index contributed by atoms with van der Waals surface area (Å²) in [6, 6.07) is 12.2. The molecule has 0 N–H and O–H groups in total. The van der Waals surface area contributed by atoms with Crippen LogP contribution in [-0.2, 0) is 4.79 Å². The first-order chi connectivity index (χ1) is 12.7. The van der Waals surface area contributed by atoms with Gasteiger partial charge in [-0.2, -0.15) is 0 Å². The number of rotatable bonds is 4. The molecule has 136 valence electrons. The highest BCUT2D eigenvalue weighted by atomic mass is 16.2. The van der Waals surface area contributed by atoms with Gasteiger partial charge in [0, 0.05) is 49.8 Å². The summed E-state index contributed by atoms with van der Waals surface area (Å²) in [7, 11) is 0. The lowest BCUT2D eigenvalue weighted by molar-refractivity contribution is -0.132. The Bertz CT molecular complexity index is 765. The highest BCUT2D eigenvalue weighted by Gasteiger charge is 2.43. The third-order valence-corrected chi connectivity index (χ3v) is 5.82. The SMILES string of the molecule is CCC(C(=O)N1CC2CN(c3cc(C)ncn3)CC2C1)c1ccccc1. The van der Waals surface area contributed by atoms with Crippen LogP contribution >= 0.6 is 0 Å². The van der Waals surface area contributed by atoms with E-state index in [9.17, 15) is 4.79 Å². The number of hydrogen-bond donors (Lipinski definition) is 0. The number of aryl methyl sites for hydroxylation is 1. The van der Waals surface area contributed by atoms with E-state index in [1.54, 1.807) is 6.33 Å². The fourth-order valence-corrected chi connectivity index (χ4v) is 4.43. The van der Waals surface area contributed by atoms with E-state index in [0.29, 0.717) is 11.8 Å². The van der Waals surface area contributed by atoms with Gasteiger partial charge in [-0.3, -0.25) is 4.79 Å². The molecule has 2 aliphatic heterocycles. The molecule has 26 heavy (non-hydrogen) atoms. The summed E-state index contributed by atoms with van der Waals surface area (Å²) in [5.74, 6) is 2.37. The molecule has 2 aliphatic rings. The molecule has 0 saturated carbocycles. The zero-order chi connectivity index (χ0) is 18.1. The number of carbonyl (C=O) groups is 1. The van der Waals surface area contributed by atoms with Crippen molar-refractivity contribution in [2.45, 2.75) is 26.2 Å². The minimum atomic E-state index is -0.0179. The van der Waals surface area contributed by atoms with Gasteiger partial charge in [0.05, 0.1) is 5.92 Å². The molecule has 2 aromatic rings. The van der Waals surface area contributed by atoms with Crippen molar-refractivity contribution in [3.8, 4) is 0 Å². The first-order valence-corrected chi connectivity index (χ1v) is 9.53. The molecular formula is C21H26N4O. The Morgan fingerprint density at radius 1 is 1.12 bits per heavy atom. The van der Waals surface area contributed by atoms with Crippen LogP contribution in [0.3, 0.4) is 0 Å².